The molecule has 3 nitrogen and oxygen atoms in total. The Morgan fingerprint density at radius 3 is 2.64 bits per heavy atom. The van der Waals surface area contributed by atoms with Gasteiger partial charge in [-0.1, -0.05) is 0 Å². The maximum absolute atomic E-state index is 12.4. The standard InChI is InChI=1S/C6H4FNO2.Pt/c7-4-2-1-3-8-5(4)6(9)10;/h1-3H,(H,9,10);. The molecule has 0 aliphatic rings. The number of halogens is 1. The van der Waals surface area contributed by atoms with Crippen molar-refractivity contribution >= 4 is 5.97 Å². The second-order valence-electron chi connectivity index (χ2n) is 1.64. The average Bonchev–Trinajstić information content (AvgIpc) is 1.88. The number of carbonyl (C=O) groups is 1. The summed E-state index contributed by atoms with van der Waals surface area (Å²) in [6, 6.07) is 2.39. The van der Waals surface area contributed by atoms with E-state index in [0.29, 0.717) is 0 Å². The molecule has 11 heavy (non-hydrogen) atoms. The minimum Gasteiger partial charge on any atom is -0.476 e. The molecule has 0 spiro atoms. The van der Waals surface area contributed by atoms with Crippen molar-refractivity contribution < 1.29 is 35.4 Å². The molecule has 0 aliphatic carbocycles. The molecule has 1 aromatic heterocycles. The Labute approximate surface area is 76.5 Å². The van der Waals surface area contributed by atoms with Crippen LogP contribution in [-0.4, -0.2) is 16.1 Å². The van der Waals surface area contributed by atoms with Crippen LogP contribution in [0.3, 0.4) is 0 Å². The quantitative estimate of drug-likeness (QED) is 0.830. The molecule has 1 N–H and O–H groups in total. The first-order chi connectivity index (χ1) is 4.72. The van der Waals surface area contributed by atoms with Crippen molar-refractivity contribution in [3.8, 4) is 0 Å². The van der Waals surface area contributed by atoms with Gasteiger partial charge in [0.05, 0.1) is 0 Å². The van der Waals surface area contributed by atoms with E-state index in [1.165, 1.54) is 12.3 Å². The zero-order valence-corrected chi connectivity index (χ0v) is 7.50. The fraction of sp³-hybridized carbons (Fsp3) is 0. The van der Waals surface area contributed by atoms with Gasteiger partial charge in [0.25, 0.3) is 0 Å². The number of aromatic nitrogens is 1. The molecule has 0 unspecified atom stereocenters. The number of hydrogen-bond donors (Lipinski definition) is 1. The summed E-state index contributed by atoms with van der Waals surface area (Å²) in [6.07, 6.45) is 1.23. The molecular weight excluding hydrogens is 332 g/mol. The van der Waals surface area contributed by atoms with Crippen LogP contribution in [0.1, 0.15) is 10.5 Å². The molecule has 0 amide bonds. The molecule has 0 saturated heterocycles. The molecule has 0 radical (unpaired) electrons. The van der Waals surface area contributed by atoms with Crippen molar-refractivity contribution in [2.24, 2.45) is 0 Å². The minimum atomic E-state index is -1.35. The second-order valence-corrected chi connectivity index (χ2v) is 1.64. The number of pyridine rings is 1. The van der Waals surface area contributed by atoms with E-state index >= 15 is 0 Å². The minimum absolute atomic E-state index is 0. The molecule has 1 rings (SSSR count). The Balaban J connectivity index is 0.000001000. The van der Waals surface area contributed by atoms with Crippen LogP contribution >= 0.6 is 0 Å². The van der Waals surface area contributed by atoms with Gasteiger partial charge in [-0.2, -0.15) is 0 Å². The summed E-state index contributed by atoms with van der Waals surface area (Å²) in [6.45, 7) is 0. The van der Waals surface area contributed by atoms with Gasteiger partial charge in [-0.3, -0.25) is 0 Å². The van der Waals surface area contributed by atoms with E-state index in [2.05, 4.69) is 4.98 Å². The molecule has 0 bridgehead atoms. The van der Waals surface area contributed by atoms with E-state index < -0.39 is 17.5 Å². The van der Waals surface area contributed by atoms with E-state index in [-0.39, 0.29) is 21.1 Å². The molecule has 1 heterocycles. The van der Waals surface area contributed by atoms with Crippen molar-refractivity contribution in [1.82, 2.24) is 4.98 Å². The summed E-state index contributed by atoms with van der Waals surface area (Å²) in [4.78, 5) is 13.4. The summed E-state index contributed by atoms with van der Waals surface area (Å²) in [5.74, 6) is -2.16. The van der Waals surface area contributed by atoms with Crippen molar-refractivity contribution in [2.45, 2.75) is 0 Å². The van der Waals surface area contributed by atoms with E-state index in [9.17, 15) is 9.18 Å². The smallest absolute Gasteiger partial charge is 0.357 e. The van der Waals surface area contributed by atoms with Crippen molar-refractivity contribution in [2.75, 3.05) is 0 Å². The third-order valence-corrected chi connectivity index (χ3v) is 0.961. The first kappa shape index (κ1) is 10.2. The number of aromatic carboxylic acids is 1. The molecule has 62 valence electrons. The molecule has 0 saturated carbocycles. The van der Waals surface area contributed by atoms with Crippen molar-refractivity contribution in [1.29, 1.82) is 0 Å². The van der Waals surface area contributed by atoms with Gasteiger partial charge in [0.2, 0.25) is 0 Å². The predicted molar refractivity (Wildman–Crippen MR) is 31.2 cm³/mol. The maximum Gasteiger partial charge on any atom is 0.357 e. The Bertz CT molecular complexity index is 267. The van der Waals surface area contributed by atoms with Crippen molar-refractivity contribution in [3.63, 3.8) is 0 Å². The zero-order valence-electron chi connectivity index (χ0n) is 5.23. The summed E-state index contributed by atoms with van der Waals surface area (Å²) in [7, 11) is 0. The molecule has 5 heteroatoms. The molecule has 0 fully saturated rings. The molecule has 0 aliphatic heterocycles. The number of hydrogen-bond acceptors (Lipinski definition) is 2. The van der Waals surface area contributed by atoms with Gasteiger partial charge in [0, 0.05) is 27.3 Å². The third-order valence-electron chi connectivity index (χ3n) is 0.961. The number of nitrogens with zero attached hydrogens (tertiary/aromatic N) is 1. The number of carboxylic acids is 1. The summed E-state index contributed by atoms with van der Waals surface area (Å²) < 4.78 is 12.4. The van der Waals surface area contributed by atoms with Crippen molar-refractivity contribution in [3.05, 3.63) is 29.8 Å². The van der Waals surface area contributed by atoms with Crippen LogP contribution in [-0.2, 0) is 21.1 Å². The Kier molecular flexibility index (Phi) is 3.90. The SMILES string of the molecule is O=C(O)c1ncccc1F.[Pt]. The normalized spacial score (nSPS) is 8.45. The van der Waals surface area contributed by atoms with Crippen LogP contribution in [0.25, 0.3) is 0 Å². The van der Waals surface area contributed by atoms with Crippen LogP contribution < -0.4 is 0 Å². The summed E-state index contributed by atoms with van der Waals surface area (Å²) >= 11 is 0. The van der Waals surface area contributed by atoms with Gasteiger partial charge in [0.1, 0.15) is 0 Å². The van der Waals surface area contributed by atoms with E-state index in [1.54, 1.807) is 0 Å². The van der Waals surface area contributed by atoms with E-state index in [4.69, 9.17) is 5.11 Å². The molecule has 1 aromatic rings. The van der Waals surface area contributed by atoms with Gasteiger partial charge in [-0.25, -0.2) is 14.2 Å². The molecular formula is C6H4FNO2Pt. The first-order valence-corrected chi connectivity index (χ1v) is 2.55. The molecule has 0 atom stereocenters. The topological polar surface area (TPSA) is 50.2 Å². The third kappa shape index (κ3) is 2.39. The first-order valence-electron chi connectivity index (χ1n) is 2.55. The van der Waals surface area contributed by atoms with E-state index in [1.807, 2.05) is 0 Å². The van der Waals surface area contributed by atoms with Gasteiger partial charge < -0.3 is 5.11 Å². The maximum atomic E-state index is 12.4. The predicted octanol–water partition coefficient (Wildman–Crippen LogP) is 0.916. The number of rotatable bonds is 1. The van der Waals surface area contributed by atoms with E-state index in [0.717, 1.165) is 6.07 Å². The fourth-order valence-electron chi connectivity index (χ4n) is 0.543. The van der Waals surface area contributed by atoms with Gasteiger partial charge in [0.15, 0.2) is 11.5 Å². The summed E-state index contributed by atoms with van der Waals surface area (Å²) in [5.41, 5.74) is -0.539. The molecule has 0 aromatic carbocycles. The van der Waals surface area contributed by atoms with Gasteiger partial charge in [-0.05, 0) is 12.1 Å². The van der Waals surface area contributed by atoms with Crippen LogP contribution in [0, 0.1) is 5.82 Å². The Morgan fingerprint density at radius 1 is 1.64 bits per heavy atom. The number of carboxylic acid groups (broad SMARTS) is 1. The Morgan fingerprint density at radius 2 is 2.27 bits per heavy atom. The van der Waals surface area contributed by atoms with Crippen LogP contribution in [0.15, 0.2) is 18.3 Å². The average molecular weight is 336 g/mol. The fourth-order valence-corrected chi connectivity index (χ4v) is 0.543. The summed E-state index contributed by atoms with van der Waals surface area (Å²) in [5, 5.41) is 8.26. The van der Waals surface area contributed by atoms with Gasteiger partial charge in [-0.15, -0.1) is 0 Å². The zero-order chi connectivity index (χ0) is 7.56. The second kappa shape index (κ2) is 4.19. The Hall–Kier alpha value is -0.762. The van der Waals surface area contributed by atoms with Crippen LogP contribution in [0.5, 0.6) is 0 Å². The van der Waals surface area contributed by atoms with Crippen LogP contribution in [0.4, 0.5) is 4.39 Å². The van der Waals surface area contributed by atoms with Crippen LogP contribution in [0.2, 0.25) is 0 Å². The largest absolute Gasteiger partial charge is 0.476 e. The van der Waals surface area contributed by atoms with Gasteiger partial charge >= 0.3 is 5.97 Å². The monoisotopic (exact) mass is 336 g/mol.